The smallest absolute Gasteiger partial charge is 0.340 e. The van der Waals surface area contributed by atoms with E-state index in [4.69, 9.17) is 0 Å². The van der Waals surface area contributed by atoms with Crippen molar-refractivity contribution in [2.24, 2.45) is 0 Å². The molecule has 4 rings (SSSR count). The first kappa shape index (κ1) is 19.1. The summed E-state index contributed by atoms with van der Waals surface area (Å²) in [5.74, 6) is 0.00315. The van der Waals surface area contributed by atoms with Crippen molar-refractivity contribution >= 4 is 5.91 Å². The number of nitrogens with one attached hydrogen (secondary N) is 1. The van der Waals surface area contributed by atoms with Crippen LogP contribution in [0.4, 0.5) is 0 Å². The highest BCUT2D eigenvalue weighted by Crippen LogP contribution is 2.23. The van der Waals surface area contributed by atoms with Crippen LogP contribution < -0.4 is 5.69 Å². The predicted molar refractivity (Wildman–Crippen MR) is 113 cm³/mol. The fourth-order valence-corrected chi connectivity index (χ4v) is 3.85. The van der Waals surface area contributed by atoms with Crippen LogP contribution in [0.5, 0.6) is 0 Å². The minimum atomic E-state index is -0.377. The lowest BCUT2D eigenvalue weighted by Gasteiger charge is -2.36. The summed E-state index contributed by atoms with van der Waals surface area (Å²) in [5, 5.41) is 0. The number of carbonyl (C=O) groups is 1. The monoisotopic (exact) mass is 388 g/mol. The molecule has 3 aromatic rings. The van der Waals surface area contributed by atoms with Gasteiger partial charge in [0.25, 0.3) is 5.91 Å². The van der Waals surface area contributed by atoms with E-state index in [0.717, 1.165) is 24.1 Å². The van der Waals surface area contributed by atoms with Crippen LogP contribution in [0.3, 0.4) is 0 Å². The number of likely N-dealkylation sites (N-methyl/N-ethyl adjacent to an activating group) is 2. The lowest BCUT2D eigenvalue weighted by atomic mass is 9.94. The summed E-state index contributed by atoms with van der Waals surface area (Å²) in [7, 11) is 3.97. The SMILES string of the molecule is CN(CC1Cc2ccccc2CN1C)C(=O)c1ccc(-c2cnc(=O)[nH]c2)cc1. The summed E-state index contributed by atoms with van der Waals surface area (Å²) in [5.41, 5.74) is 4.71. The summed E-state index contributed by atoms with van der Waals surface area (Å²) >= 11 is 0. The molecule has 1 atom stereocenters. The number of benzene rings is 2. The van der Waals surface area contributed by atoms with Gasteiger partial charge in [-0.05, 0) is 42.3 Å². The highest BCUT2D eigenvalue weighted by atomic mass is 16.2. The lowest BCUT2D eigenvalue weighted by Crippen LogP contribution is -2.46. The Bertz CT molecular complexity index is 1050. The Morgan fingerprint density at radius 3 is 2.55 bits per heavy atom. The molecule has 1 aliphatic rings. The van der Waals surface area contributed by atoms with Crippen LogP contribution in [-0.2, 0) is 13.0 Å². The van der Waals surface area contributed by atoms with E-state index in [9.17, 15) is 9.59 Å². The number of amides is 1. The number of hydrogen-bond acceptors (Lipinski definition) is 4. The van der Waals surface area contributed by atoms with Crippen LogP contribution in [0.15, 0.2) is 65.7 Å². The van der Waals surface area contributed by atoms with E-state index < -0.39 is 0 Å². The number of nitrogens with zero attached hydrogens (tertiary/aromatic N) is 3. The van der Waals surface area contributed by atoms with Gasteiger partial charge < -0.3 is 9.88 Å². The van der Waals surface area contributed by atoms with E-state index in [1.165, 1.54) is 17.3 Å². The maximum absolute atomic E-state index is 12.9. The Labute approximate surface area is 169 Å². The molecule has 1 amide bonds. The van der Waals surface area contributed by atoms with Gasteiger partial charge in [-0.15, -0.1) is 0 Å². The van der Waals surface area contributed by atoms with E-state index in [0.29, 0.717) is 18.2 Å². The van der Waals surface area contributed by atoms with Crippen molar-refractivity contribution in [1.82, 2.24) is 19.8 Å². The molecular formula is C23H24N4O2. The van der Waals surface area contributed by atoms with Crippen molar-refractivity contribution in [2.45, 2.75) is 19.0 Å². The molecule has 1 N–H and O–H groups in total. The Balaban J connectivity index is 1.44. The van der Waals surface area contributed by atoms with E-state index >= 15 is 0 Å². The van der Waals surface area contributed by atoms with Gasteiger partial charge >= 0.3 is 5.69 Å². The molecule has 29 heavy (non-hydrogen) atoms. The first-order valence-corrected chi connectivity index (χ1v) is 9.69. The van der Waals surface area contributed by atoms with Crippen molar-refractivity contribution in [3.63, 3.8) is 0 Å². The van der Waals surface area contributed by atoms with Gasteiger partial charge in [0, 0.05) is 49.7 Å². The van der Waals surface area contributed by atoms with Crippen LogP contribution >= 0.6 is 0 Å². The van der Waals surface area contributed by atoms with E-state index in [2.05, 4.69) is 46.2 Å². The molecule has 0 saturated carbocycles. The average molecular weight is 388 g/mol. The lowest BCUT2D eigenvalue weighted by molar-refractivity contribution is 0.0733. The van der Waals surface area contributed by atoms with Crippen LogP contribution in [0.1, 0.15) is 21.5 Å². The van der Waals surface area contributed by atoms with Crippen molar-refractivity contribution in [3.8, 4) is 11.1 Å². The number of aromatic nitrogens is 2. The van der Waals surface area contributed by atoms with Gasteiger partial charge in [0.2, 0.25) is 0 Å². The Morgan fingerprint density at radius 2 is 1.86 bits per heavy atom. The molecule has 0 spiro atoms. The second-order valence-electron chi connectivity index (χ2n) is 7.61. The van der Waals surface area contributed by atoms with Crippen molar-refractivity contribution in [3.05, 3.63) is 88.1 Å². The third-order valence-corrected chi connectivity index (χ3v) is 5.59. The van der Waals surface area contributed by atoms with Crippen LogP contribution in [0, 0.1) is 0 Å². The van der Waals surface area contributed by atoms with E-state index in [1.807, 2.05) is 31.3 Å². The standard InChI is InChI=1S/C23H24N4O2/c1-26-14-19-6-4-3-5-18(19)11-21(26)15-27(2)22(28)17-9-7-16(8-10-17)20-12-24-23(29)25-13-20/h3-10,12-13,21H,11,14-15H2,1-2H3,(H,24,25,29). The minimum Gasteiger partial charge on any atom is -0.340 e. The molecule has 0 fully saturated rings. The first-order chi connectivity index (χ1) is 14.0. The van der Waals surface area contributed by atoms with Gasteiger partial charge in [-0.1, -0.05) is 36.4 Å². The van der Waals surface area contributed by atoms with Gasteiger partial charge in [-0.3, -0.25) is 9.69 Å². The van der Waals surface area contributed by atoms with Crippen LogP contribution in [0.25, 0.3) is 11.1 Å². The van der Waals surface area contributed by atoms with E-state index in [-0.39, 0.29) is 11.6 Å². The molecule has 2 aromatic carbocycles. The van der Waals surface area contributed by atoms with E-state index in [1.54, 1.807) is 11.1 Å². The molecule has 6 heteroatoms. The summed E-state index contributed by atoms with van der Waals surface area (Å²) in [4.78, 5) is 34.4. The Kier molecular flexibility index (Phi) is 5.27. The molecular weight excluding hydrogens is 364 g/mol. The zero-order valence-electron chi connectivity index (χ0n) is 16.6. The van der Waals surface area contributed by atoms with Crippen LogP contribution in [-0.4, -0.2) is 52.4 Å². The van der Waals surface area contributed by atoms with Gasteiger partial charge in [0.1, 0.15) is 0 Å². The number of fused-ring (bicyclic) bond motifs is 1. The summed E-state index contributed by atoms with van der Waals surface area (Å²) in [6.07, 6.45) is 4.09. The molecule has 1 unspecified atom stereocenters. The molecule has 6 nitrogen and oxygen atoms in total. The number of rotatable bonds is 4. The molecule has 0 bridgehead atoms. The molecule has 1 aromatic heterocycles. The van der Waals surface area contributed by atoms with Gasteiger partial charge in [-0.2, -0.15) is 0 Å². The molecule has 148 valence electrons. The fourth-order valence-electron chi connectivity index (χ4n) is 3.85. The van der Waals surface area contributed by atoms with Gasteiger partial charge in [0.15, 0.2) is 0 Å². The number of carbonyl (C=O) groups excluding carboxylic acids is 1. The molecule has 0 aliphatic carbocycles. The quantitative estimate of drug-likeness (QED) is 0.746. The summed E-state index contributed by atoms with van der Waals surface area (Å²) in [6.45, 7) is 1.58. The second-order valence-corrected chi connectivity index (χ2v) is 7.61. The third kappa shape index (κ3) is 4.12. The molecule has 0 saturated heterocycles. The highest BCUT2D eigenvalue weighted by molar-refractivity contribution is 5.94. The second kappa shape index (κ2) is 8.01. The van der Waals surface area contributed by atoms with Crippen molar-refractivity contribution in [1.29, 1.82) is 0 Å². The highest BCUT2D eigenvalue weighted by Gasteiger charge is 2.25. The normalized spacial score (nSPS) is 16.3. The van der Waals surface area contributed by atoms with Crippen molar-refractivity contribution in [2.75, 3.05) is 20.6 Å². The van der Waals surface area contributed by atoms with Gasteiger partial charge in [0.05, 0.1) is 0 Å². The predicted octanol–water partition coefficient (Wildman–Crippen LogP) is 2.57. The zero-order chi connectivity index (χ0) is 20.4. The third-order valence-electron chi connectivity index (χ3n) is 5.59. The molecule has 0 radical (unpaired) electrons. The van der Waals surface area contributed by atoms with Crippen LogP contribution in [0.2, 0.25) is 0 Å². The number of aromatic amines is 1. The fraction of sp³-hybridized carbons (Fsp3) is 0.261. The molecule has 1 aliphatic heterocycles. The number of hydrogen-bond donors (Lipinski definition) is 1. The first-order valence-electron chi connectivity index (χ1n) is 9.69. The Hall–Kier alpha value is -3.25. The Morgan fingerprint density at radius 1 is 1.14 bits per heavy atom. The zero-order valence-corrected chi connectivity index (χ0v) is 16.6. The maximum Gasteiger partial charge on any atom is 0.344 e. The maximum atomic E-state index is 12.9. The summed E-state index contributed by atoms with van der Waals surface area (Å²) in [6, 6.07) is 16.2. The summed E-state index contributed by atoms with van der Waals surface area (Å²) < 4.78 is 0. The largest absolute Gasteiger partial charge is 0.344 e. The molecule has 2 heterocycles. The van der Waals surface area contributed by atoms with Gasteiger partial charge in [-0.25, -0.2) is 9.78 Å². The topological polar surface area (TPSA) is 69.3 Å². The minimum absolute atomic E-state index is 0.00315. The average Bonchev–Trinajstić information content (AvgIpc) is 2.74. The van der Waals surface area contributed by atoms with Crippen molar-refractivity contribution < 1.29 is 4.79 Å². The number of H-pyrrole nitrogens is 1.